The van der Waals surface area contributed by atoms with Crippen LogP contribution in [0.4, 0.5) is 23.7 Å². The summed E-state index contributed by atoms with van der Waals surface area (Å²) in [7, 11) is 1.39. The highest BCUT2D eigenvalue weighted by Crippen LogP contribution is 2.38. The largest absolute Gasteiger partial charge is 0.471 e. The van der Waals surface area contributed by atoms with Gasteiger partial charge in [0.2, 0.25) is 0 Å². The number of ether oxygens (including phenoxy) is 1. The Balaban J connectivity index is 1.39. The summed E-state index contributed by atoms with van der Waals surface area (Å²) in [6.45, 7) is 0.809. The Kier molecular flexibility index (Phi) is 7.16. The molecule has 8 nitrogen and oxygen atoms in total. The van der Waals surface area contributed by atoms with Crippen molar-refractivity contribution in [2.45, 2.75) is 56.2 Å². The Morgan fingerprint density at radius 1 is 1.03 bits per heavy atom. The van der Waals surface area contributed by atoms with E-state index in [1.165, 1.54) is 7.11 Å². The zero-order chi connectivity index (χ0) is 26.1. The van der Waals surface area contributed by atoms with Crippen LogP contribution in [0, 0.1) is 17.2 Å². The highest BCUT2D eigenvalue weighted by Gasteiger charge is 2.46. The number of nitriles is 1. The van der Waals surface area contributed by atoms with Crippen molar-refractivity contribution in [2.24, 2.45) is 5.92 Å². The van der Waals surface area contributed by atoms with E-state index in [2.05, 4.69) is 6.07 Å². The first kappa shape index (κ1) is 25.8. The summed E-state index contributed by atoms with van der Waals surface area (Å²) in [6.07, 6.45) is -1.83. The molecule has 1 saturated carbocycles. The predicted molar refractivity (Wildman–Crippen MR) is 123 cm³/mol. The molecular weight excluding hydrogens is 477 g/mol. The molecule has 194 valence electrons. The molecular formula is C25H29F3N4O4. The number of halogens is 3. The second-order valence-corrected chi connectivity index (χ2v) is 9.69. The van der Waals surface area contributed by atoms with Gasteiger partial charge < -0.3 is 14.5 Å². The van der Waals surface area contributed by atoms with Crippen LogP contribution in [-0.2, 0) is 19.7 Å². The molecule has 2 aliphatic heterocycles. The van der Waals surface area contributed by atoms with Crippen LogP contribution in [0.1, 0.15) is 44.1 Å². The summed E-state index contributed by atoms with van der Waals surface area (Å²) in [5.74, 6) is -2.19. The summed E-state index contributed by atoms with van der Waals surface area (Å²) in [5.41, 5.74) is 0.366. The summed E-state index contributed by atoms with van der Waals surface area (Å²) in [5, 5.41) is 9.87. The van der Waals surface area contributed by atoms with Gasteiger partial charge in [0.05, 0.1) is 24.5 Å². The molecule has 0 bridgehead atoms. The zero-order valence-corrected chi connectivity index (χ0v) is 20.1. The smallest absolute Gasteiger partial charge is 0.469 e. The molecule has 2 heterocycles. The van der Waals surface area contributed by atoms with Gasteiger partial charge in [0.25, 0.3) is 0 Å². The Morgan fingerprint density at radius 3 is 2.17 bits per heavy atom. The van der Waals surface area contributed by atoms with E-state index >= 15 is 0 Å². The summed E-state index contributed by atoms with van der Waals surface area (Å²) in [6, 6.07) is 9.25. The lowest BCUT2D eigenvalue weighted by atomic mass is 9.74. The van der Waals surface area contributed by atoms with Crippen molar-refractivity contribution in [1.29, 1.82) is 5.26 Å². The lowest BCUT2D eigenvalue weighted by Gasteiger charge is -2.38. The van der Waals surface area contributed by atoms with E-state index in [9.17, 15) is 32.8 Å². The topological polar surface area (TPSA) is 93.9 Å². The Bertz CT molecular complexity index is 1040. The van der Waals surface area contributed by atoms with Crippen LogP contribution >= 0.6 is 0 Å². The maximum Gasteiger partial charge on any atom is 0.471 e. The van der Waals surface area contributed by atoms with Gasteiger partial charge in [0.1, 0.15) is 0 Å². The van der Waals surface area contributed by atoms with Crippen molar-refractivity contribution in [1.82, 2.24) is 9.80 Å². The maximum absolute atomic E-state index is 13.1. The number of carbonyl (C=O) groups is 3. The number of esters is 1. The van der Waals surface area contributed by atoms with Gasteiger partial charge in [0, 0.05) is 37.9 Å². The van der Waals surface area contributed by atoms with Crippen LogP contribution in [0.25, 0.3) is 0 Å². The number of nitrogens with zero attached hydrogens (tertiary/aromatic N) is 4. The van der Waals surface area contributed by atoms with Gasteiger partial charge in [-0.1, -0.05) is 12.1 Å². The van der Waals surface area contributed by atoms with E-state index in [4.69, 9.17) is 4.74 Å². The number of rotatable bonds is 4. The molecule has 1 aromatic rings. The number of anilines is 1. The number of hydrogen-bond acceptors (Lipinski definition) is 5. The SMILES string of the molecule is COC(=O)C1CCC(N2CCN(c3ccc(C4(C#N)CCN(C(=O)C(F)(F)F)CC4)cc3)C2=O)CC1. The van der Waals surface area contributed by atoms with Gasteiger partial charge in [-0.25, -0.2) is 4.79 Å². The van der Waals surface area contributed by atoms with E-state index in [0.717, 1.165) is 17.7 Å². The third-order valence-corrected chi connectivity index (χ3v) is 7.81. The minimum absolute atomic E-state index is 0.0779. The molecule has 3 aliphatic rings. The number of carbonyl (C=O) groups excluding carboxylic acids is 3. The molecule has 1 aliphatic carbocycles. The van der Waals surface area contributed by atoms with Crippen molar-refractivity contribution in [3.8, 4) is 6.07 Å². The van der Waals surface area contributed by atoms with E-state index in [1.54, 1.807) is 29.2 Å². The van der Waals surface area contributed by atoms with Crippen LogP contribution in [0.2, 0.25) is 0 Å². The molecule has 36 heavy (non-hydrogen) atoms. The van der Waals surface area contributed by atoms with Crippen LogP contribution in [-0.4, -0.2) is 73.2 Å². The van der Waals surface area contributed by atoms with Crippen molar-refractivity contribution in [3.63, 3.8) is 0 Å². The van der Waals surface area contributed by atoms with E-state index < -0.39 is 17.5 Å². The Labute approximate surface area is 207 Å². The van der Waals surface area contributed by atoms with Crippen molar-refractivity contribution < 1.29 is 32.3 Å². The normalized spacial score (nSPS) is 24.4. The van der Waals surface area contributed by atoms with Crippen LogP contribution in [0.3, 0.4) is 0 Å². The first-order chi connectivity index (χ1) is 17.1. The Hall–Kier alpha value is -3.29. The average molecular weight is 507 g/mol. The van der Waals surface area contributed by atoms with Crippen molar-refractivity contribution in [3.05, 3.63) is 29.8 Å². The number of benzene rings is 1. The summed E-state index contributed by atoms with van der Waals surface area (Å²) >= 11 is 0. The molecule has 0 atom stereocenters. The van der Waals surface area contributed by atoms with Gasteiger partial charge >= 0.3 is 24.1 Å². The molecule has 2 saturated heterocycles. The van der Waals surface area contributed by atoms with Crippen LogP contribution in [0.15, 0.2) is 24.3 Å². The van der Waals surface area contributed by atoms with Gasteiger partial charge in [-0.3, -0.25) is 14.5 Å². The van der Waals surface area contributed by atoms with Crippen molar-refractivity contribution in [2.75, 3.05) is 38.2 Å². The van der Waals surface area contributed by atoms with Crippen molar-refractivity contribution >= 4 is 23.6 Å². The molecule has 0 aromatic heterocycles. The average Bonchev–Trinajstić information content (AvgIpc) is 3.28. The molecule has 0 spiro atoms. The molecule has 1 aromatic carbocycles. The first-order valence-electron chi connectivity index (χ1n) is 12.1. The summed E-state index contributed by atoms with van der Waals surface area (Å²) < 4.78 is 43.1. The number of amides is 3. The maximum atomic E-state index is 13.1. The lowest BCUT2D eigenvalue weighted by molar-refractivity contribution is -0.186. The molecule has 11 heteroatoms. The van der Waals surface area contributed by atoms with Gasteiger partial charge in [-0.05, 0) is 56.2 Å². The molecule has 3 fully saturated rings. The van der Waals surface area contributed by atoms with E-state index in [0.29, 0.717) is 37.2 Å². The predicted octanol–water partition coefficient (Wildman–Crippen LogP) is 3.61. The number of urea groups is 1. The number of methoxy groups -OCH3 is 1. The molecule has 4 rings (SSSR count). The first-order valence-corrected chi connectivity index (χ1v) is 12.1. The quantitative estimate of drug-likeness (QED) is 0.582. The fourth-order valence-electron chi connectivity index (χ4n) is 5.62. The highest BCUT2D eigenvalue weighted by atomic mass is 19.4. The fourth-order valence-corrected chi connectivity index (χ4v) is 5.62. The van der Waals surface area contributed by atoms with Crippen LogP contribution < -0.4 is 4.90 Å². The number of piperidine rings is 1. The minimum Gasteiger partial charge on any atom is -0.469 e. The van der Waals surface area contributed by atoms with E-state index in [-0.39, 0.29) is 49.9 Å². The molecule has 0 unspecified atom stereocenters. The number of likely N-dealkylation sites (tertiary alicyclic amines) is 1. The standard InChI is InChI=1S/C25H29F3N4O4/c1-36-21(33)17-2-6-19(7-3-17)31-14-15-32(23(31)35)20-8-4-18(5-9-20)24(16-29)10-12-30(13-11-24)22(34)25(26,27)28/h4-5,8-9,17,19H,2-3,6-7,10-15H2,1H3. The molecule has 0 N–H and O–H groups in total. The molecule has 3 amide bonds. The summed E-state index contributed by atoms with van der Waals surface area (Å²) in [4.78, 5) is 40.7. The zero-order valence-electron chi connectivity index (χ0n) is 20.1. The second-order valence-electron chi connectivity index (χ2n) is 9.69. The Morgan fingerprint density at radius 2 is 1.64 bits per heavy atom. The fraction of sp³-hybridized carbons (Fsp3) is 0.600. The third-order valence-electron chi connectivity index (χ3n) is 7.81. The van der Waals surface area contributed by atoms with Crippen LogP contribution in [0.5, 0.6) is 0 Å². The lowest BCUT2D eigenvalue weighted by Crippen LogP contribution is -2.49. The van der Waals surface area contributed by atoms with E-state index in [1.807, 2.05) is 4.90 Å². The number of alkyl halides is 3. The number of hydrogen-bond donors (Lipinski definition) is 0. The second kappa shape index (κ2) is 9.99. The monoisotopic (exact) mass is 506 g/mol. The highest BCUT2D eigenvalue weighted by molar-refractivity contribution is 5.94. The third kappa shape index (κ3) is 4.86. The van der Waals surface area contributed by atoms with Gasteiger partial charge in [-0.2, -0.15) is 18.4 Å². The van der Waals surface area contributed by atoms with Gasteiger partial charge in [-0.15, -0.1) is 0 Å². The molecule has 0 radical (unpaired) electrons. The minimum atomic E-state index is -4.93. The van der Waals surface area contributed by atoms with Gasteiger partial charge in [0.15, 0.2) is 0 Å².